The van der Waals surface area contributed by atoms with Crippen molar-refractivity contribution >= 4 is 5.71 Å². The summed E-state index contributed by atoms with van der Waals surface area (Å²) in [5.74, 6) is 0.203. The molecule has 0 unspecified atom stereocenters. The third-order valence-corrected chi connectivity index (χ3v) is 3.49. The molecule has 1 aromatic carbocycles. The Labute approximate surface area is 126 Å². The third-order valence-electron chi connectivity index (χ3n) is 3.49. The number of oxime groups is 1. The lowest BCUT2D eigenvalue weighted by Crippen LogP contribution is -2.04. The molecule has 0 saturated carbocycles. The zero-order valence-electron chi connectivity index (χ0n) is 13.1. The summed E-state index contributed by atoms with van der Waals surface area (Å²) in [7, 11) is 0. The molecule has 0 bridgehead atoms. The highest BCUT2D eigenvalue weighted by Gasteiger charge is 2.09. The lowest BCUT2D eigenvalue weighted by Gasteiger charge is -2.11. The maximum absolute atomic E-state index is 13.2. The van der Waals surface area contributed by atoms with Crippen LogP contribution in [0.3, 0.4) is 0 Å². The summed E-state index contributed by atoms with van der Waals surface area (Å²) in [6.45, 7) is 4.44. The molecule has 21 heavy (non-hydrogen) atoms. The first-order valence-electron chi connectivity index (χ1n) is 7.80. The van der Waals surface area contributed by atoms with E-state index in [0.717, 1.165) is 12.8 Å². The van der Waals surface area contributed by atoms with E-state index in [-0.39, 0.29) is 5.82 Å². The second kappa shape index (κ2) is 10.2. The molecular weight excluding hydrogens is 269 g/mol. The Balaban J connectivity index is 2.35. The van der Waals surface area contributed by atoms with Crippen LogP contribution in [0, 0.1) is 5.82 Å². The maximum Gasteiger partial charge on any atom is 0.128 e. The monoisotopic (exact) mass is 295 g/mol. The van der Waals surface area contributed by atoms with Gasteiger partial charge in [-0.15, -0.1) is 0 Å². The van der Waals surface area contributed by atoms with Crippen molar-refractivity contribution in [3.63, 3.8) is 0 Å². The number of hydrogen-bond donors (Lipinski definition) is 1. The van der Waals surface area contributed by atoms with Gasteiger partial charge in [0.2, 0.25) is 0 Å². The minimum absolute atomic E-state index is 0.351. The van der Waals surface area contributed by atoms with E-state index >= 15 is 0 Å². The topological polar surface area (TPSA) is 41.8 Å². The number of rotatable bonds is 10. The van der Waals surface area contributed by atoms with Crippen molar-refractivity contribution in [2.45, 2.75) is 58.8 Å². The minimum Gasteiger partial charge on any atom is -0.493 e. The first-order valence-corrected chi connectivity index (χ1v) is 7.80. The quantitative estimate of drug-likeness (QED) is 0.280. The number of benzene rings is 1. The van der Waals surface area contributed by atoms with Crippen molar-refractivity contribution in [1.82, 2.24) is 0 Å². The summed E-state index contributed by atoms with van der Waals surface area (Å²) in [5, 5.41) is 11.9. The van der Waals surface area contributed by atoms with Gasteiger partial charge in [-0.3, -0.25) is 0 Å². The summed E-state index contributed by atoms with van der Waals surface area (Å²) in [6, 6.07) is 4.27. The highest BCUT2D eigenvalue weighted by molar-refractivity contribution is 6.00. The van der Waals surface area contributed by atoms with Gasteiger partial charge in [0.05, 0.1) is 12.3 Å². The molecule has 1 rings (SSSR count). The van der Waals surface area contributed by atoms with Crippen molar-refractivity contribution in [1.29, 1.82) is 0 Å². The molecule has 0 heterocycles. The first-order chi connectivity index (χ1) is 10.2. The van der Waals surface area contributed by atoms with Crippen LogP contribution in [-0.4, -0.2) is 17.5 Å². The molecule has 0 atom stereocenters. The number of ether oxygens (including phenoxy) is 1. The second-order valence-corrected chi connectivity index (χ2v) is 5.30. The molecule has 0 spiro atoms. The van der Waals surface area contributed by atoms with Crippen LogP contribution in [0.2, 0.25) is 0 Å². The number of unbranched alkanes of at least 4 members (excludes halogenated alkanes) is 6. The van der Waals surface area contributed by atoms with E-state index in [0.29, 0.717) is 23.6 Å². The predicted molar refractivity (Wildman–Crippen MR) is 83.9 cm³/mol. The van der Waals surface area contributed by atoms with Gasteiger partial charge in [0.1, 0.15) is 11.6 Å². The molecule has 0 aliphatic rings. The molecule has 0 saturated heterocycles. The van der Waals surface area contributed by atoms with Gasteiger partial charge in [-0.05, 0) is 31.5 Å². The van der Waals surface area contributed by atoms with Crippen molar-refractivity contribution in [2.24, 2.45) is 5.16 Å². The summed E-state index contributed by atoms with van der Waals surface area (Å²) in [6.07, 6.45) is 8.54. The first kappa shape index (κ1) is 17.5. The smallest absolute Gasteiger partial charge is 0.128 e. The number of hydrogen-bond acceptors (Lipinski definition) is 3. The maximum atomic E-state index is 13.2. The predicted octanol–water partition coefficient (Wildman–Crippen LogP) is 5.15. The van der Waals surface area contributed by atoms with Crippen LogP contribution in [0.5, 0.6) is 5.75 Å². The van der Waals surface area contributed by atoms with Gasteiger partial charge in [-0.2, -0.15) is 0 Å². The average molecular weight is 295 g/mol. The summed E-state index contributed by atoms with van der Waals surface area (Å²) < 4.78 is 18.9. The Hall–Kier alpha value is -1.58. The number of halogens is 1. The summed E-state index contributed by atoms with van der Waals surface area (Å²) in [5.41, 5.74) is 0.851. The second-order valence-electron chi connectivity index (χ2n) is 5.30. The third kappa shape index (κ3) is 6.61. The molecule has 0 aliphatic heterocycles. The summed E-state index contributed by atoms with van der Waals surface area (Å²) >= 11 is 0. The molecule has 118 valence electrons. The summed E-state index contributed by atoms with van der Waals surface area (Å²) in [4.78, 5) is 0. The molecule has 1 aromatic rings. The fraction of sp³-hybridized carbons (Fsp3) is 0.588. The van der Waals surface area contributed by atoms with Gasteiger partial charge in [0, 0.05) is 5.56 Å². The molecule has 0 aromatic heterocycles. The van der Waals surface area contributed by atoms with Crippen LogP contribution in [0.15, 0.2) is 23.4 Å². The Kier molecular flexibility index (Phi) is 8.48. The van der Waals surface area contributed by atoms with E-state index in [4.69, 9.17) is 9.94 Å². The molecule has 4 heteroatoms. The molecule has 0 aliphatic carbocycles. The molecule has 0 fully saturated rings. The van der Waals surface area contributed by atoms with Crippen molar-refractivity contribution in [3.8, 4) is 5.75 Å². The average Bonchev–Trinajstić information content (AvgIpc) is 2.50. The Bertz CT molecular complexity index is 446. The van der Waals surface area contributed by atoms with E-state index in [1.165, 1.54) is 44.2 Å². The van der Waals surface area contributed by atoms with E-state index in [9.17, 15) is 4.39 Å². The highest BCUT2D eigenvalue weighted by atomic mass is 19.1. The molecule has 0 radical (unpaired) electrons. The lowest BCUT2D eigenvalue weighted by molar-refractivity contribution is 0.301. The van der Waals surface area contributed by atoms with Gasteiger partial charge >= 0.3 is 0 Å². The largest absolute Gasteiger partial charge is 0.493 e. The fourth-order valence-corrected chi connectivity index (χ4v) is 2.21. The van der Waals surface area contributed by atoms with Crippen molar-refractivity contribution in [2.75, 3.05) is 6.61 Å². The van der Waals surface area contributed by atoms with Crippen LogP contribution >= 0.6 is 0 Å². The van der Waals surface area contributed by atoms with Gasteiger partial charge < -0.3 is 9.94 Å². The van der Waals surface area contributed by atoms with Crippen LogP contribution in [-0.2, 0) is 0 Å². The van der Waals surface area contributed by atoms with E-state index in [2.05, 4.69) is 12.1 Å². The lowest BCUT2D eigenvalue weighted by atomic mass is 10.1. The normalized spacial score (nSPS) is 11.7. The Morgan fingerprint density at radius 3 is 2.48 bits per heavy atom. The van der Waals surface area contributed by atoms with E-state index in [1.807, 2.05) is 0 Å². The highest BCUT2D eigenvalue weighted by Crippen LogP contribution is 2.21. The fourth-order valence-electron chi connectivity index (χ4n) is 2.21. The van der Waals surface area contributed by atoms with E-state index < -0.39 is 0 Å². The van der Waals surface area contributed by atoms with Gasteiger partial charge in [0.15, 0.2) is 0 Å². The van der Waals surface area contributed by atoms with Gasteiger partial charge in [0.25, 0.3) is 0 Å². The molecule has 1 N–H and O–H groups in total. The number of nitrogens with zero attached hydrogens (tertiary/aromatic N) is 1. The molecular formula is C17H26FNO2. The molecule has 3 nitrogen and oxygen atoms in total. The van der Waals surface area contributed by atoms with Crippen LogP contribution in [0.1, 0.15) is 64.4 Å². The van der Waals surface area contributed by atoms with E-state index in [1.54, 1.807) is 13.0 Å². The standard InChI is InChI=1S/C17H26FNO2/c1-3-4-5-6-7-8-9-12-21-17-11-10-15(18)13-16(17)14(2)19-20/h10-11,13,20H,3-9,12H2,1-2H3/b19-14+. The Morgan fingerprint density at radius 2 is 1.81 bits per heavy atom. The SMILES string of the molecule is CCCCCCCCCOc1ccc(F)cc1/C(C)=N/O. The minimum atomic E-state index is -0.365. The van der Waals surface area contributed by atoms with Crippen LogP contribution in [0.4, 0.5) is 4.39 Å². The van der Waals surface area contributed by atoms with Crippen molar-refractivity contribution in [3.05, 3.63) is 29.6 Å². The zero-order chi connectivity index (χ0) is 15.5. The van der Waals surface area contributed by atoms with Crippen molar-refractivity contribution < 1.29 is 14.3 Å². The van der Waals surface area contributed by atoms with Gasteiger partial charge in [-0.25, -0.2) is 4.39 Å². The van der Waals surface area contributed by atoms with Crippen LogP contribution in [0.25, 0.3) is 0 Å². The zero-order valence-corrected chi connectivity index (χ0v) is 13.1. The molecule has 0 amide bonds. The van der Waals surface area contributed by atoms with Gasteiger partial charge in [-0.1, -0.05) is 50.6 Å². The van der Waals surface area contributed by atoms with Crippen LogP contribution < -0.4 is 4.74 Å². The Morgan fingerprint density at radius 1 is 1.14 bits per heavy atom.